The van der Waals surface area contributed by atoms with Crippen molar-refractivity contribution in [1.29, 1.82) is 0 Å². The van der Waals surface area contributed by atoms with Gasteiger partial charge in [0, 0.05) is 6.92 Å². The van der Waals surface area contributed by atoms with Crippen LogP contribution in [0.3, 0.4) is 0 Å². The molecule has 12 heteroatoms. The van der Waals surface area contributed by atoms with E-state index >= 15 is 0 Å². The molecule has 1 amide bonds. The molecule has 0 saturated carbocycles. The van der Waals surface area contributed by atoms with Crippen molar-refractivity contribution < 1.29 is 54.8 Å². The average Bonchev–Trinajstić information content (AvgIpc) is 2.60. The molecule has 10 atom stereocenters. The lowest BCUT2D eigenvalue weighted by molar-refractivity contribution is -0.311. The highest BCUT2D eigenvalue weighted by Gasteiger charge is 2.47. The van der Waals surface area contributed by atoms with E-state index in [1.54, 1.807) is 0 Å². The van der Waals surface area contributed by atoms with Crippen molar-refractivity contribution in [2.45, 2.75) is 68.3 Å². The van der Waals surface area contributed by atoms with Crippen molar-refractivity contribution in [2.24, 2.45) is 0 Å². The predicted octanol–water partition coefficient (Wildman–Crippen LogP) is -5.25. The molecule has 2 aliphatic heterocycles. The van der Waals surface area contributed by atoms with E-state index in [0.717, 1.165) is 0 Å². The smallest absolute Gasteiger partial charge is 0.217 e. The lowest BCUT2D eigenvalue weighted by Crippen LogP contribution is -2.65. The number of rotatable bonds is 5. The molecule has 0 bridgehead atoms. The normalized spacial score (nSPS) is 46.8. The Kier molecular flexibility index (Phi) is 7.27. The number of ether oxygens (including phenoxy) is 3. The lowest BCUT2D eigenvalue weighted by Gasteiger charge is -2.43. The van der Waals surface area contributed by atoms with Crippen molar-refractivity contribution in [3.63, 3.8) is 0 Å². The molecule has 2 fully saturated rings. The highest BCUT2D eigenvalue weighted by molar-refractivity contribution is 5.73. The number of nitrogens with one attached hydrogen (secondary N) is 1. The maximum atomic E-state index is 11.3. The minimum atomic E-state index is -1.75. The minimum absolute atomic E-state index is 0.455. The van der Waals surface area contributed by atoms with Crippen LogP contribution in [0.2, 0.25) is 0 Å². The van der Waals surface area contributed by atoms with Crippen LogP contribution in [-0.4, -0.2) is 116 Å². The molecule has 0 aromatic rings. The van der Waals surface area contributed by atoms with Gasteiger partial charge in [-0.15, -0.1) is 0 Å². The molecule has 0 radical (unpaired) electrons. The van der Waals surface area contributed by atoms with Crippen LogP contribution >= 0.6 is 0 Å². The largest absolute Gasteiger partial charge is 0.394 e. The summed E-state index contributed by atoms with van der Waals surface area (Å²) in [5.74, 6) is -0.538. The molecule has 0 aromatic carbocycles. The van der Waals surface area contributed by atoms with E-state index in [1.807, 2.05) is 0 Å². The van der Waals surface area contributed by atoms with Gasteiger partial charge in [-0.2, -0.15) is 0 Å². The first kappa shape index (κ1) is 21.4. The van der Waals surface area contributed by atoms with Gasteiger partial charge in [0.15, 0.2) is 12.6 Å². The molecule has 26 heavy (non-hydrogen) atoms. The maximum absolute atomic E-state index is 11.3. The second-order valence-electron chi connectivity index (χ2n) is 6.30. The highest BCUT2D eigenvalue weighted by Crippen LogP contribution is 2.25. The summed E-state index contributed by atoms with van der Waals surface area (Å²) in [6.07, 6.45) is -13.5. The van der Waals surface area contributed by atoms with Gasteiger partial charge in [0.05, 0.1) is 13.2 Å². The van der Waals surface area contributed by atoms with Crippen molar-refractivity contribution in [1.82, 2.24) is 5.32 Å². The van der Waals surface area contributed by atoms with E-state index < -0.39 is 80.5 Å². The molecule has 0 aliphatic carbocycles. The van der Waals surface area contributed by atoms with Crippen LogP contribution in [0.25, 0.3) is 0 Å². The van der Waals surface area contributed by atoms with Gasteiger partial charge in [-0.05, 0) is 0 Å². The second-order valence-corrected chi connectivity index (χ2v) is 6.30. The predicted molar refractivity (Wildman–Crippen MR) is 80.2 cm³/mol. The number of amides is 1. The zero-order chi connectivity index (χ0) is 19.6. The Labute approximate surface area is 148 Å². The molecule has 152 valence electrons. The first-order chi connectivity index (χ1) is 12.2. The summed E-state index contributed by atoms with van der Waals surface area (Å²) in [7, 11) is 0. The third-order valence-corrected chi connectivity index (χ3v) is 4.36. The number of aliphatic hydroxyl groups excluding tert-OH is 7. The zero-order valence-corrected chi connectivity index (χ0v) is 14.0. The molecule has 1 unspecified atom stereocenters. The summed E-state index contributed by atoms with van der Waals surface area (Å²) in [6.45, 7) is 0.0944. The Morgan fingerprint density at radius 3 is 2.12 bits per heavy atom. The highest BCUT2D eigenvalue weighted by atomic mass is 16.7. The van der Waals surface area contributed by atoms with Crippen molar-refractivity contribution in [2.75, 3.05) is 13.2 Å². The molecule has 8 N–H and O–H groups in total. The first-order valence-corrected chi connectivity index (χ1v) is 8.06. The minimum Gasteiger partial charge on any atom is -0.394 e. The van der Waals surface area contributed by atoms with Gasteiger partial charge >= 0.3 is 0 Å². The van der Waals surface area contributed by atoms with Gasteiger partial charge in [0.2, 0.25) is 5.91 Å². The van der Waals surface area contributed by atoms with Crippen LogP contribution in [0.4, 0.5) is 0 Å². The molecular formula is C14H25NO11. The van der Waals surface area contributed by atoms with Crippen LogP contribution < -0.4 is 5.32 Å². The third-order valence-electron chi connectivity index (χ3n) is 4.36. The Hall–Kier alpha value is -0.930. The van der Waals surface area contributed by atoms with E-state index in [1.165, 1.54) is 6.92 Å². The molecule has 0 spiro atoms. The fourth-order valence-electron chi connectivity index (χ4n) is 2.87. The van der Waals surface area contributed by atoms with Crippen LogP contribution in [0.15, 0.2) is 0 Å². The average molecular weight is 383 g/mol. The van der Waals surface area contributed by atoms with Gasteiger partial charge in [-0.3, -0.25) is 4.79 Å². The van der Waals surface area contributed by atoms with E-state index in [4.69, 9.17) is 14.2 Å². The first-order valence-electron chi connectivity index (χ1n) is 8.06. The maximum Gasteiger partial charge on any atom is 0.217 e. The topological polar surface area (TPSA) is 198 Å². The van der Waals surface area contributed by atoms with Crippen LogP contribution in [0.1, 0.15) is 6.92 Å². The van der Waals surface area contributed by atoms with Crippen molar-refractivity contribution in [3.05, 3.63) is 0 Å². The monoisotopic (exact) mass is 383 g/mol. The van der Waals surface area contributed by atoms with Crippen LogP contribution in [-0.2, 0) is 19.0 Å². The van der Waals surface area contributed by atoms with Gasteiger partial charge in [0.1, 0.15) is 48.8 Å². The lowest BCUT2D eigenvalue weighted by atomic mass is 9.96. The zero-order valence-electron chi connectivity index (χ0n) is 14.0. The van der Waals surface area contributed by atoms with Crippen LogP contribution in [0.5, 0.6) is 0 Å². The van der Waals surface area contributed by atoms with Crippen LogP contribution in [0, 0.1) is 0 Å². The molecule has 2 rings (SSSR count). The fraction of sp³-hybridized carbons (Fsp3) is 0.929. The number of hydrogen-bond donors (Lipinski definition) is 8. The molecule has 2 saturated heterocycles. The summed E-state index contributed by atoms with van der Waals surface area (Å²) in [6, 6.07) is -1.19. The Balaban J connectivity index is 2.05. The molecule has 12 nitrogen and oxygen atoms in total. The Morgan fingerprint density at radius 2 is 1.54 bits per heavy atom. The van der Waals surface area contributed by atoms with Gasteiger partial charge < -0.3 is 55.3 Å². The number of carbonyl (C=O) groups excluding carboxylic acids is 1. The molecular weight excluding hydrogens is 358 g/mol. The third kappa shape index (κ3) is 4.48. The number of hydrogen-bond acceptors (Lipinski definition) is 11. The number of carbonyl (C=O) groups is 1. The summed E-state index contributed by atoms with van der Waals surface area (Å²) in [5.41, 5.74) is 0. The van der Waals surface area contributed by atoms with E-state index in [0.29, 0.717) is 0 Å². The van der Waals surface area contributed by atoms with Crippen molar-refractivity contribution >= 4 is 5.91 Å². The SMILES string of the molecule is CC(=O)N[C@H]1[C@H](OC[C@H]2OC(O)[C@H](O)[C@@H](O)[C@H]2O)O[C@H](CO)[C@H](O)[C@@H]1O. The molecule has 2 aliphatic rings. The van der Waals surface area contributed by atoms with E-state index in [2.05, 4.69) is 5.32 Å². The standard InChI is InChI=1S/C14H25NO11/c1-4(17)15-7-10(20)8(18)5(2-16)26-14(7)24-3-6-9(19)11(21)12(22)13(23)25-6/h5-14,16,18-23H,2-3H2,1H3,(H,15,17)/t5-,6-,7-,8+,9+,10-,11+,12-,13?,14-/m1/s1. The van der Waals surface area contributed by atoms with E-state index in [-0.39, 0.29) is 0 Å². The number of aliphatic hydroxyl groups is 7. The summed E-state index contributed by atoms with van der Waals surface area (Å²) >= 11 is 0. The molecule has 0 aromatic heterocycles. The van der Waals surface area contributed by atoms with Gasteiger partial charge in [-0.1, -0.05) is 0 Å². The van der Waals surface area contributed by atoms with Crippen molar-refractivity contribution in [3.8, 4) is 0 Å². The van der Waals surface area contributed by atoms with E-state index in [9.17, 15) is 40.5 Å². The second kappa shape index (κ2) is 8.84. The molecule has 2 heterocycles. The fourth-order valence-corrected chi connectivity index (χ4v) is 2.87. The summed E-state index contributed by atoms with van der Waals surface area (Å²) in [4.78, 5) is 11.3. The van der Waals surface area contributed by atoms with Gasteiger partial charge in [-0.25, -0.2) is 0 Å². The Morgan fingerprint density at radius 1 is 0.923 bits per heavy atom. The summed E-state index contributed by atoms with van der Waals surface area (Å²) < 4.78 is 15.7. The summed E-state index contributed by atoms with van der Waals surface area (Å²) in [5, 5.41) is 70.1. The Bertz CT molecular complexity index is 480. The quantitative estimate of drug-likeness (QED) is 0.226. The van der Waals surface area contributed by atoms with Gasteiger partial charge in [0.25, 0.3) is 0 Å².